The van der Waals surface area contributed by atoms with Crippen molar-refractivity contribution >= 4 is 23.2 Å². The minimum absolute atomic E-state index is 0.0194. The van der Waals surface area contributed by atoms with Crippen LogP contribution in [0.5, 0.6) is 5.75 Å². The Morgan fingerprint density at radius 1 is 0.879 bits per heavy atom. The van der Waals surface area contributed by atoms with Gasteiger partial charge in [-0.05, 0) is 37.1 Å². The van der Waals surface area contributed by atoms with Gasteiger partial charge in [0.2, 0.25) is 5.91 Å². The Kier molecular flexibility index (Phi) is 7.00. The van der Waals surface area contributed by atoms with Crippen LogP contribution in [0, 0.1) is 13.8 Å². The van der Waals surface area contributed by atoms with E-state index in [1.807, 2.05) is 0 Å². The molecule has 0 fully saturated rings. The van der Waals surface area contributed by atoms with Crippen molar-refractivity contribution in [2.24, 2.45) is 0 Å². The number of carbonyl (C=O) groups is 2. The molecule has 0 bridgehead atoms. The zero-order valence-electron chi connectivity index (χ0n) is 17.8. The van der Waals surface area contributed by atoms with E-state index in [2.05, 4.69) is 10.6 Å². The number of hydrogen-bond donors (Lipinski definition) is 2. The molecule has 0 aliphatic rings. The highest BCUT2D eigenvalue weighted by molar-refractivity contribution is 6.08. The molecule has 180 valence electrons. The highest BCUT2D eigenvalue weighted by Gasteiger charge is 2.73. The lowest BCUT2D eigenvalue weighted by atomic mass is 9.90. The smallest absolute Gasteiger partial charge is 0.435 e. The summed E-state index contributed by atoms with van der Waals surface area (Å²) in [6.07, 6.45) is -12.5. The molecule has 0 saturated heterocycles. The average Bonchev–Trinajstić information content (AvgIpc) is 2.67. The molecular formula is C21H19F7N2O3. The van der Waals surface area contributed by atoms with Crippen LogP contribution in [0.2, 0.25) is 0 Å². The van der Waals surface area contributed by atoms with Crippen LogP contribution in [0.3, 0.4) is 0 Å². The molecular weight excluding hydrogens is 461 g/mol. The van der Waals surface area contributed by atoms with Gasteiger partial charge in [-0.25, -0.2) is 4.39 Å². The van der Waals surface area contributed by atoms with E-state index in [9.17, 15) is 40.3 Å². The first kappa shape index (κ1) is 25.9. The van der Waals surface area contributed by atoms with Gasteiger partial charge in [0.15, 0.2) is 5.75 Å². The van der Waals surface area contributed by atoms with Gasteiger partial charge in [-0.1, -0.05) is 18.2 Å². The zero-order valence-corrected chi connectivity index (χ0v) is 17.8. The predicted molar refractivity (Wildman–Crippen MR) is 106 cm³/mol. The molecule has 2 N–H and O–H groups in total. The number of hydrogen-bond acceptors (Lipinski definition) is 3. The van der Waals surface area contributed by atoms with E-state index >= 15 is 0 Å². The number of nitrogens with one attached hydrogen (secondary N) is 2. The number of alkyl halides is 7. The second kappa shape index (κ2) is 8.91. The summed E-state index contributed by atoms with van der Waals surface area (Å²) in [5.74, 6) is -1.29. The largest absolute Gasteiger partial charge is 0.494 e. The molecule has 2 amide bonds. The number of rotatable bonds is 5. The van der Waals surface area contributed by atoms with Gasteiger partial charge < -0.3 is 15.4 Å². The summed E-state index contributed by atoms with van der Waals surface area (Å²) in [4.78, 5) is 24.1. The SMILES string of the molecule is COc1c(NC(C)=O)cccc1C(=O)Nc1c(C)cc(C(F)(C(F)(F)F)C(F)(F)F)cc1C. The highest BCUT2D eigenvalue weighted by Crippen LogP contribution is 2.53. The molecule has 12 heteroatoms. The van der Waals surface area contributed by atoms with Crippen molar-refractivity contribution in [1.82, 2.24) is 0 Å². The number of anilines is 2. The van der Waals surface area contributed by atoms with Crippen LogP contribution in [-0.2, 0) is 10.5 Å². The maximum Gasteiger partial charge on any atom is 0.435 e. The van der Waals surface area contributed by atoms with Gasteiger partial charge in [0.05, 0.1) is 18.4 Å². The van der Waals surface area contributed by atoms with Crippen LogP contribution in [0.15, 0.2) is 30.3 Å². The normalized spacial score (nSPS) is 12.3. The first-order valence-corrected chi connectivity index (χ1v) is 9.24. The Bertz CT molecular complexity index is 1040. The molecule has 0 heterocycles. The lowest BCUT2D eigenvalue weighted by Gasteiger charge is -2.31. The van der Waals surface area contributed by atoms with Crippen molar-refractivity contribution in [2.45, 2.75) is 38.8 Å². The minimum atomic E-state index is -6.26. The van der Waals surface area contributed by atoms with Crippen LogP contribution < -0.4 is 15.4 Å². The van der Waals surface area contributed by atoms with Gasteiger partial charge in [0, 0.05) is 18.2 Å². The van der Waals surface area contributed by atoms with Gasteiger partial charge in [-0.15, -0.1) is 0 Å². The minimum Gasteiger partial charge on any atom is -0.494 e. The van der Waals surface area contributed by atoms with Crippen molar-refractivity contribution in [2.75, 3.05) is 17.7 Å². The summed E-state index contributed by atoms with van der Waals surface area (Å²) in [7, 11) is 1.23. The molecule has 0 aliphatic heterocycles. The summed E-state index contributed by atoms with van der Waals surface area (Å²) in [5.41, 5.74) is -7.72. The van der Waals surface area contributed by atoms with Crippen LogP contribution in [-0.4, -0.2) is 31.3 Å². The Morgan fingerprint density at radius 2 is 1.39 bits per heavy atom. The highest BCUT2D eigenvalue weighted by atomic mass is 19.4. The van der Waals surface area contributed by atoms with Crippen molar-refractivity contribution < 1.29 is 45.1 Å². The molecule has 0 unspecified atom stereocenters. The molecule has 0 saturated carbocycles. The molecule has 0 aliphatic carbocycles. The van der Waals surface area contributed by atoms with Crippen LogP contribution in [0.4, 0.5) is 42.1 Å². The van der Waals surface area contributed by atoms with E-state index in [0.717, 1.165) is 13.8 Å². The fourth-order valence-electron chi connectivity index (χ4n) is 3.25. The van der Waals surface area contributed by atoms with Gasteiger partial charge in [-0.2, -0.15) is 26.3 Å². The molecule has 5 nitrogen and oxygen atoms in total. The summed E-state index contributed by atoms with van der Waals surface area (Å²) in [6.45, 7) is 3.49. The number of amides is 2. The molecule has 2 rings (SSSR count). The van der Waals surface area contributed by atoms with E-state index in [4.69, 9.17) is 4.74 Å². The second-order valence-electron chi connectivity index (χ2n) is 7.16. The van der Waals surface area contributed by atoms with Crippen molar-refractivity contribution in [1.29, 1.82) is 0 Å². The summed E-state index contributed by atoms with van der Waals surface area (Å²) in [6, 6.07) is 4.98. The fraction of sp³-hybridized carbons (Fsp3) is 0.333. The first-order chi connectivity index (χ1) is 15.0. The van der Waals surface area contributed by atoms with Crippen molar-refractivity contribution in [3.8, 4) is 5.75 Å². The third-order valence-corrected chi connectivity index (χ3v) is 4.72. The van der Waals surface area contributed by atoms with Gasteiger partial charge in [0.25, 0.3) is 5.91 Å². The van der Waals surface area contributed by atoms with E-state index in [-0.39, 0.29) is 33.8 Å². The van der Waals surface area contributed by atoms with Crippen LogP contribution in [0.1, 0.15) is 34.0 Å². The van der Waals surface area contributed by atoms with Crippen molar-refractivity contribution in [3.05, 3.63) is 52.6 Å². The molecule has 0 spiro atoms. The Labute approximate surface area is 183 Å². The summed E-state index contributed by atoms with van der Waals surface area (Å²) < 4.78 is 98.1. The third-order valence-electron chi connectivity index (χ3n) is 4.72. The number of halogens is 7. The maximum absolute atomic E-state index is 14.4. The van der Waals surface area contributed by atoms with E-state index < -0.39 is 35.4 Å². The lowest BCUT2D eigenvalue weighted by molar-refractivity contribution is -0.348. The van der Waals surface area contributed by atoms with Crippen molar-refractivity contribution in [3.63, 3.8) is 0 Å². The fourth-order valence-corrected chi connectivity index (χ4v) is 3.25. The number of ether oxygens (including phenoxy) is 1. The predicted octanol–water partition coefficient (Wildman–Crippen LogP) is 5.81. The molecule has 0 atom stereocenters. The topological polar surface area (TPSA) is 67.4 Å². The number of methoxy groups -OCH3 is 1. The monoisotopic (exact) mass is 480 g/mol. The Morgan fingerprint density at radius 3 is 1.82 bits per heavy atom. The molecule has 2 aromatic rings. The van der Waals surface area contributed by atoms with Gasteiger partial charge in [0.1, 0.15) is 0 Å². The maximum atomic E-state index is 14.4. The van der Waals surface area contributed by atoms with E-state index in [0.29, 0.717) is 12.1 Å². The van der Waals surface area contributed by atoms with Gasteiger partial charge >= 0.3 is 18.0 Å². The summed E-state index contributed by atoms with van der Waals surface area (Å²) in [5, 5.41) is 4.85. The number of para-hydroxylation sites is 1. The standard InChI is InChI=1S/C21H19F7N2O3/c1-10-8-13(19(22,20(23,24)25)21(26,27)28)9-11(2)16(10)30-18(32)14-6-5-7-15(17(14)33-4)29-12(3)31/h5-9H,1-4H3,(H,29,31)(H,30,32). The number of carbonyl (C=O) groups excluding carboxylic acids is 2. The second-order valence-corrected chi connectivity index (χ2v) is 7.16. The zero-order chi connectivity index (χ0) is 25.4. The molecule has 2 aromatic carbocycles. The van der Waals surface area contributed by atoms with E-state index in [1.54, 1.807) is 0 Å². The molecule has 0 aromatic heterocycles. The molecule has 33 heavy (non-hydrogen) atoms. The number of benzene rings is 2. The third kappa shape index (κ3) is 4.88. The van der Waals surface area contributed by atoms with Crippen LogP contribution >= 0.6 is 0 Å². The quantitative estimate of drug-likeness (QED) is 0.531. The Hall–Kier alpha value is -3.31. The number of aryl methyl sites for hydroxylation is 2. The first-order valence-electron chi connectivity index (χ1n) is 9.24. The lowest BCUT2D eigenvalue weighted by Crippen LogP contribution is -2.50. The Balaban J connectivity index is 2.52. The summed E-state index contributed by atoms with van der Waals surface area (Å²) >= 11 is 0. The van der Waals surface area contributed by atoms with E-state index in [1.165, 1.54) is 32.2 Å². The van der Waals surface area contributed by atoms with Gasteiger partial charge in [-0.3, -0.25) is 9.59 Å². The van der Waals surface area contributed by atoms with Crippen LogP contribution in [0.25, 0.3) is 0 Å². The average molecular weight is 480 g/mol. The molecule has 0 radical (unpaired) electrons.